The third-order valence-corrected chi connectivity index (χ3v) is 8.72. The molecule has 2 fully saturated rings. The van der Waals surface area contributed by atoms with Crippen molar-refractivity contribution in [1.82, 2.24) is 9.55 Å². The maximum absolute atomic E-state index is 14.8. The number of fused-ring (bicyclic) bond motifs is 4. The van der Waals surface area contributed by atoms with Gasteiger partial charge in [0.05, 0.1) is 23.1 Å². The number of rotatable bonds is 4. The van der Waals surface area contributed by atoms with Gasteiger partial charge in [-0.1, -0.05) is 80.3 Å². The Kier molecular flexibility index (Phi) is 6.68. The minimum atomic E-state index is -0.296. The van der Waals surface area contributed by atoms with E-state index in [1.165, 1.54) is 18.4 Å². The van der Waals surface area contributed by atoms with Gasteiger partial charge < -0.3 is 4.74 Å². The van der Waals surface area contributed by atoms with Crippen LogP contribution in [0.3, 0.4) is 0 Å². The lowest BCUT2D eigenvalue weighted by molar-refractivity contribution is -0.0694. The summed E-state index contributed by atoms with van der Waals surface area (Å²) in [5.41, 5.74) is 8.00. The minimum Gasteiger partial charge on any atom is -0.375 e. The van der Waals surface area contributed by atoms with E-state index in [9.17, 15) is 4.79 Å². The Morgan fingerprint density at radius 1 is 1.03 bits per heavy atom. The Morgan fingerprint density at radius 3 is 2.53 bits per heavy atom. The SMILES string of the molecule is CC1(C)CC(n2c(NN=Cc3ccccc3)nc3c(c2=O)C2(CCCCCC2)Cc2ccccc2-3)CCO1. The van der Waals surface area contributed by atoms with Crippen LogP contribution < -0.4 is 11.0 Å². The molecule has 3 aliphatic rings. The molecule has 38 heavy (non-hydrogen) atoms. The maximum Gasteiger partial charge on any atom is 0.259 e. The summed E-state index contributed by atoms with van der Waals surface area (Å²) in [6.45, 7) is 4.85. The Morgan fingerprint density at radius 2 is 1.76 bits per heavy atom. The average molecular weight is 511 g/mol. The third kappa shape index (κ3) is 4.71. The quantitative estimate of drug-likeness (QED) is 0.316. The average Bonchev–Trinajstić information content (AvgIpc) is 3.14. The van der Waals surface area contributed by atoms with Crippen molar-refractivity contribution in [2.45, 2.75) is 88.7 Å². The minimum absolute atomic E-state index is 0.00141. The zero-order valence-corrected chi connectivity index (χ0v) is 22.6. The summed E-state index contributed by atoms with van der Waals surface area (Å²) >= 11 is 0. The second-order valence-electron chi connectivity index (χ2n) is 11.9. The van der Waals surface area contributed by atoms with E-state index < -0.39 is 0 Å². The molecular weight excluding hydrogens is 472 g/mol. The lowest BCUT2D eigenvalue weighted by Gasteiger charge is -2.41. The summed E-state index contributed by atoms with van der Waals surface area (Å²) < 4.78 is 7.96. The fourth-order valence-electron chi connectivity index (χ4n) is 6.94. The molecule has 2 aliphatic carbocycles. The highest BCUT2D eigenvalue weighted by atomic mass is 16.5. The van der Waals surface area contributed by atoms with Crippen LogP contribution in [0, 0.1) is 0 Å². The van der Waals surface area contributed by atoms with Gasteiger partial charge in [0.1, 0.15) is 0 Å². The molecule has 1 aliphatic heterocycles. The predicted octanol–water partition coefficient (Wildman–Crippen LogP) is 6.63. The van der Waals surface area contributed by atoms with E-state index in [0.717, 1.165) is 67.3 Å². The first kappa shape index (κ1) is 25.1. The number of nitrogens with one attached hydrogen (secondary N) is 1. The number of hydrazone groups is 1. The van der Waals surface area contributed by atoms with Crippen LogP contribution in [0.2, 0.25) is 0 Å². The number of hydrogen-bond acceptors (Lipinski definition) is 5. The predicted molar refractivity (Wildman–Crippen MR) is 153 cm³/mol. The fraction of sp³-hybridized carbons (Fsp3) is 0.469. The number of benzene rings is 2. The number of nitrogens with zero attached hydrogens (tertiary/aromatic N) is 3. The van der Waals surface area contributed by atoms with Gasteiger partial charge in [-0.25, -0.2) is 10.4 Å². The van der Waals surface area contributed by atoms with Crippen molar-refractivity contribution in [2.24, 2.45) is 5.10 Å². The van der Waals surface area contributed by atoms with Crippen molar-refractivity contribution in [1.29, 1.82) is 0 Å². The zero-order chi connectivity index (χ0) is 26.2. The van der Waals surface area contributed by atoms with Gasteiger partial charge in [-0.05, 0) is 57.1 Å². The standard InChI is InChI=1S/C32H38N4O2/c1-31(2)21-25(16-19-38-31)36-29(37)27-28(34-30(36)35-33-22-23-12-6-5-7-13-23)26-15-9-8-14-24(26)20-32(27)17-10-3-4-11-18-32/h5-9,12-15,22,25H,3-4,10-11,16-21H2,1-2H3,(H,34,35). The molecule has 0 amide bonds. The Hall–Kier alpha value is -3.25. The van der Waals surface area contributed by atoms with Crippen LogP contribution in [0.4, 0.5) is 5.95 Å². The lowest BCUT2D eigenvalue weighted by atomic mass is 9.65. The van der Waals surface area contributed by atoms with Gasteiger partial charge in [0.2, 0.25) is 5.95 Å². The van der Waals surface area contributed by atoms with Crippen LogP contribution >= 0.6 is 0 Å². The lowest BCUT2D eigenvalue weighted by Crippen LogP contribution is -2.45. The molecule has 1 unspecified atom stereocenters. The number of ether oxygens (including phenoxy) is 1. The first-order valence-electron chi connectivity index (χ1n) is 14.2. The maximum atomic E-state index is 14.8. The normalized spacial score (nSPS) is 22.0. The van der Waals surface area contributed by atoms with Crippen molar-refractivity contribution < 1.29 is 4.74 Å². The fourth-order valence-corrected chi connectivity index (χ4v) is 6.94. The largest absolute Gasteiger partial charge is 0.375 e. The summed E-state index contributed by atoms with van der Waals surface area (Å²) in [5.74, 6) is 0.518. The van der Waals surface area contributed by atoms with E-state index in [0.29, 0.717) is 12.6 Å². The van der Waals surface area contributed by atoms with E-state index in [2.05, 4.69) is 48.6 Å². The van der Waals surface area contributed by atoms with Gasteiger partial charge in [-0.15, -0.1) is 0 Å². The van der Waals surface area contributed by atoms with E-state index in [4.69, 9.17) is 9.72 Å². The van der Waals surface area contributed by atoms with Gasteiger partial charge in [-0.2, -0.15) is 5.10 Å². The monoisotopic (exact) mass is 510 g/mol. The summed E-state index contributed by atoms with van der Waals surface area (Å²) in [6.07, 6.45) is 11.1. The smallest absolute Gasteiger partial charge is 0.259 e. The third-order valence-electron chi connectivity index (χ3n) is 8.72. The first-order chi connectivity index (χ1) is 18.5. The molecular formula is C32H38N4O2. The van der Waals surface area contributed by atoms with Crippen molar-refractivity contribution in [3.8, 4) is 11.3 Å². The van der Waals surface area contributed by atoms with E-state index in [1.807, 2.05) is 34.9 Å². The van der Waals surface area contributed by atoms with Crippen LogP contribution in [0.15, 0.2) is 64.5 Å². The molecule has 3 aromatic rings. The van der Waals surface area contributed by atoms with Gasteiger partial charge in [0, 0.05) is 23.6 Å². The van der Waals surface area contributed by atoms with Gasteiger partial charge >= 0.3 is 0 Å². The van der Waals surface area contributed by atoms with E-state index >= 15 is 0 Å². The van der Waals surface area contributed by atoms with E-state index in [1.54, 1.807) is 6.21 Å². The summed E-state index contributed by atoms with van der Waals surface area (Å²) in [4.78, 5) is 20.0. The molecule has 1 N–H and O–H groups in total. The first-order valence-corrected chi connectivity index (χ1v) is 14.2. The van der Waals surface area contributed by atoms with Crippen LogP contribution in [-0.4, -0.2) is 28.0 Å². The van der Waals surface area contributed by atoms with Gasteiger partial charge in [0.15, 0.2) is 0 Å². The van der Waals surface area contributed by atoms with Crippen LogP contribution in [0.1, 0.15) is 87.9 Å². The highest BCUT2D eigenvalue weighted by Crippen LogP contribution is 2.48. The van der Waals surface area contributed by atoms with Crippen molar-refractivity contribution >= 4 is 12.2 Å². The molecule has 2 heterocycles. The highest BCUT2D eigenvalue weighted by molar-refractivity contribution is 5.80. The molecule has 2 aromatic carbocycles. The van der Waals surface area contributed by atoms with Gasteiger partial charge in [0.25, 0.3) is 5.56 Å². The molecule has 0 bridgehead atoms. The van der Waals surface area contributed by atoms with Crippen molar-refractivity contribution in [3.05, 3.63) is 81.6 Å². The second kappa shape index (κ2) is 10.1. The van der Waals surface area contributed by atoms with Crippen LogP contribution in [-0.2, 0) is 16.6 Å². The van der Waals surface area contributed by atoms with Crippen molar-refractivity contribution in [3.63, 3.8) is 0 Å². The Labute approximate surface area is 225 Å². The van der Waals surface area contributed by atoms with Gasteiger partial charge in [-0.3, -0.25) is 9.36 Å². The molecule has 6 rings (SSSR count). The molecule has 1 spiro atoms. The summed E-state index contributed by atoms with van der Waals surface area (Å²) in [5, 5.41) is 4.54. The molecule has 1 atom stereocenters. The van der Waals surface area contributed by atoms with Crippen LogP contribution in [0.5, 0.6) is 0 Å². The second-order valence-corrected chi connectivity index (χ2v) is 11.9. The Bertz CT molecular complexity index is 1380. The number of hydrogen-bond donors (Lipinski definition) is 1. The molecule has 1 aromatic heterocycles. The van der Waals surface area contributed by atoms with E-state index in [-0.39, 0.29) is 22.6 Å². The summed E-state index contributed by atoms with van der Waals surface area (Å²) in [7, 11) is 0. The molecule has 198 valence electrons. The topological polar surface area (TPSA) is 68.5 Å². The molecule has 1 saturated heterocycles. The zero-order valence-electron chi connectivity index (χ0n) is 22.6. The Balaban J connectivity index is 1.53. The summed E-state index contributed by atoms with van der Waals surface area (Å²) in [6, 6.07) is 18.5. The number of anilines is 1. The van der Waals surface area contributed by atoms with Crippen molar-refractivity contribution in [2.75, 3.05) is 12.0 Å². The molecule has 6 nitrogen and oxygen atoms in total. The molecule has 6 heteroatoms. The molecule has 0 radical (unpaired) electrons. The molecule has 1 saturated carbocycles. The number of aromatic nitrogens is 2. The highest BCUT2D eigenvalue weighted by Gasteiger charge is 2.44. The van der Waals surface area contributed by atoms with Crippen LogP contribution in [0.25, 0.3) is 11.3 Å².